The number of aromatic nitrogens is 3. The lowest BCUT2D eigenvalue weighted by Gasteiger charge is -2.39. The van der Waals surface area contributed by atoms with Gasteiger partial charge in [-0.05, 0) is 6.54 Å². The van der Waals surface area contributed by atoms with E-state index in [1.807, 2.05) is 11.1 Å². The molecule has 0 aliphatic carbocycles. The highest BCUT2D eigenvalue weighted by Crippen LogP contribution is 2.23. The van der Waals surface area contributed by atoms with Crippen molar-refractivity contribution in [1.29, 1.82) is 0 Å². The van der Waals surface area contributed by atoms with Crippen LogP contribution in [0.25, 0.3) is 0 Å². The molecular formula is C13H17N5OS. The molecule has 1 aliphatic heterocycles. The third-order valence-electron chi connectivity index (χ3n) is 3.67. The fraction of sp³-hybridized carbons (Fsp3) is 0.462. The Hall–Kier alpha value is -1.73. The molecule has 0 radical (unpaired) electrons. The fourth-order valence-corrected chi connectivity index (χ4v) is 3.11. The molecule has 0 saturated carbocycles. The molecule has 0 spiro atoms. The van der Waals surface area contributed by atoms with Gasteiger partial charge in [0.2, 0.25) is 0 Å². The maximum atomic E-state index is 12.4. The van der Waals surface area contributed by atoms with E-state index in [9.17, 15) is 4.79 Å². The van der Waals surface area contributed by atoms with Crippen LogP contribution in [0.1, 0.15) is 29.3 Å². The van der Waals surface area contributed by atoms with Gasteiger partial charge in [0, 0.05) is 37.4 Å². The van der Waals surface area contributed by atoms with Crippen LogP contribution >= 0.6 is 11.3 Å². The molecule has 0 aromatic carbocycles. The van der Waals surface area contributed by atoms with Crippen molar-refractivity contribution < 1.29 is 4.79 Å². The zero-order chi connectivity index (χ0) is 13.9. The van der Waals surface area contributed by atoms with Crippen molar-refractivity contribution in [3.8, 4) is 0 Å². The van der Waals surface area contributed by atoms with E-state index in [0.717, 1.165) is 25.5 Å². The number of aromatic amines is 1. The number of carbonyl (C=O) groups excluding carboxylic acids is 1. The van der Waals surface area contributed by atoms with Gasteiger partial charge in [-0.1, -0.05) is 6.92 Å². The summed E-state index contributed by atoms with van der Waals surface area (Å²) in [6.07, 6.45) is 3.58. The molecule has 0 bridgehead atoms. The zero-order valence-corrected chi connectivity index (χ0v) is 12.1. The molecule has 1 fully saturated rings. The third kappa shape index (κ3) is 2.46. The van der Waals surface area contributed by atoms with E-state index >= 15 is 0 Å². The molecule has 1 saturated heterocycles. The molecule has 106 valence electrons. The number of nitrogens with zero attached hydrogens (tertiary/aromatic N) is 4. The number of thiazole rings is 1. The van der Waals surface area contributed by atoms with E-state index in [-0.39, 0.29) is 11.9 Å². The Morgan fingerprint density at radius 3 is 3.05 bits per heavy atom. The number of hydrogen-bond donors (Lipinski definition) is 1. The molecule has 3 heterocycles. The molecule has 1 N–H and O–H groups in total. The molecule has 20 heavy (non-hydrogen) atoms. The average molecular weight is 291 g/mol. The van der Waals surface area contributed by atoms with Gasteiger partial charge in [0.15, 0.2) is 0 Å². The highest BCUT2D eigenvalue weighted by molar-refractivity contribution is 7.07. The van der Waals surface area contributed by atoms with Gasteiger partial charge in [-0.2, -0.15) is 0 Å². The molecule has 2 aromatic rings. The Morgan fingerprint density at radius 2 is 2.40 bits per heavy atom. The quantitative estimate of drug-likeness (QED) is 0.928. The first-order chi connectivity index (χ1) is 9.79. The SMILES string of the molecule is CCN1CCN(C(=O)c2cscn2)C[C@H]1c1ncc[nH]1. The van der Waals surface area contributed by atoms with Gasteiger partial charge < -0.3 is 9.88 Å². The van der Waals surface area contributed by atoms with Crippen LogP contribution in [0.3, 0.4) is 0 Å². The van der Waals surface area contributed by atoms with Crippen LogP contribution in [-0.4, -0.2) is 56.8 Å². The van der Waals surface area contributed by atoms with Crippen LogP contribution < -0.4 is 0 Å². The molecule has 7 heteroatoms. The summed E-state index contributed by atoms with van der Waals surface area (Å²) in [6, 6.07) is 0.131. The van der Waals surface area contributed by atoms with Gasteiger partial charge in [-0.25, -0.2) is 9.97 Å². The van der Waals surface area contributed by atoms with E-state index in [2.05, 4.69) is 26.8 Å². The van der Waals surface area contributed by atoms with Gasteiger partial charge in [-0.3, -0.25) is 9.69 Å². The van der Waals surface area contributed by atoms with Crippen LogP contribution in [0.2, 0.25) is 0 Å². The van der Waals surface area contributed by atoms with E-state index in [1.165, 1.54) is 11.3 Å². The number of amides is 1. The highest BCUT2D eigenvalue weighted by atomic mass is 32.1. The first-order valence-corrected chi connectivity index (χ1v) is 7.64. The minimum absolute atomic E-state index is 0.0126. The molecule has 0 unspecified atom stereocenters. The van der Waals surface area contributed by atoms with Gasteiger partial charge in [0.1, 0.15) is 11.5 Å². The molecular weight excluding hydrogens is 274 g/mol. The van der Waals surface area contributed by atoms with Crippen LogP contribution in [0.4, 0.5) is 0 Å². The van der Waals surface area contributed by atoms with Gasteiger partial charge in [0.05, 0.1) is 11.6 Å². The summed E-state index contributed by atoms with van der Waals surface area (Å²) < 4.78 is 0. The Kier molecular flexibility index (Phi) is 3.79. The highest BCUT2D eigenvalue weighted by Gasteiger charge is 2.31. The summed E-state index contributed by atoms with van der Waals surface area (Å²) >= 11 is 1.45. The smallest absolute Gasteiger partial charge is 0.273 e. The van der Waals surface area contributed by atoms with E-state index in [0.29, 0.717) is 12.2 Å². The largest absolute Gasteiger partial charge is 0.347 e. The predicted molar refractivity (Wildman–Crippen MR) is 76.6 cm³/mol. The van der Waals surface area contributed by atoms with E-state index in [4.69, 9.17) is 0 Å². The maximum Gasteiger partial charge on any atom is 0.273 e. The molecule has 1 amide bonds. The Balaban J connectivity index is 1.78. The summed E-state index contributed by atoms with van der Waals surface area (Å²) in [5.74, 6) is 0.932. The maximum absolute atomic E-state index is 12.4. The molecule has 2 aromatic heterocycles. The van der Waals surface area contributed by atoms with E-state index in [1.54, 1.807) is 17.1 Å². The van der Waals surface area contributed by atoms with Crippen LogP contribution in [0.5, 0.6) is 0 Å². The Labute approximate surface area is 121 Å². The lowest BCUT2D eigenvalue weighted by atomic mass is 10.1. The van der Waals surface area contributed by atoms with Crippen molar-refractivity contribution in [2.45, 2.75) is 13.0 Å². The third-order valence-corrected chi connectivity index (χ3v) is 4.26. The average Bonchev–Trinajstić information content (AvgIpc) is 3.18. The van der Waals surface area contributed by atoms with Crippen molar-refractivity contribution in [2.24, 2.45) is 0 Å². The number of imidazole rings is 1. The van der Waals surface area contributed by atoms with Crippen molar-refractivity contribution in [1.82, 2.24) is 24.8 Å². The van der Waals surface area contributed by atoms with Crippen LogP contribution in [-0.2, 0) is 0 Å². The van der Waals surface area contributed by atoms with Crippen molar-refractivity contribution in [3.05, 3.63) is 34.8 Å². The normalized spacial score (nSPS) is 20.2. The molecule has 1 aliphatic rings. The summed E-state index contributed by atoms with van der Waals surface area (Å²) in [7, 11) is 0. The minimum atomic E-state index is 0.0126. The lowest BCUT2D eigenvalue weighted by Crippen LogP contribution is -2.50. The van der Waals surface area contributed by atoms with Gasteiger partial charge >= 0.3 is 0 Å². The van der Waals surface area contributed by atoms with Crippen molar-refractivity contribution in [3.63, 3.8) is 0 Å². The first-order valence-electron chi connectivity index (χ1n) is 6.70. The number of hydrogen-bond acceptors (Lipinski definition) is 5. The minimum Gasteiger partial charge on any atom is -0.347 e. The Bertz CT molecular complexity index is 553. The van der Waals surface area contributed by atoms with Crippen LogP contribution in [0.15, 0.2) is 23.3 Å². The summed E-state index contributed by atoms with van der Waals surface area (Å²) in [6.45, 7) is 5.33. The fourth-order valence-electron chi connectivity index (χ4n) is 2.58. The predicted octanol–water partition coefficient (Wildman–Crippen LogP) is 1.39. The summed E-state index contributed by atoms with van der Waals surface area (Å²) in [4.78, 5) is 28.2. The van der Waals surface area contributed by atoms with Gasteiger partial charge in [0.25, 0.3) is 5.91 Å². The number of nitrogens with one attached hydrogen (secondary N) is 1. The van der Waals surface area contributed by atoms with Crippen molar-refractivity contribution >= 4 is 17.2 Å². The monoisotopic (exact) mass is 291 g/mol. The van der Waals surface area contributed by atoms with E-state index < -0.39 is 0 Å². The number of likely N-dealkylation sites (N-methyl/N-ethyl adjacent to an activating group) is 1. The number of H-pyrrole nitrogens is 1. The second-order valence-corrected chi connectivity index (χ2v) is 5.46. The molecule has 1 atom stereocenters. The first kappa shape index (κ1) is 13.3. The molecule has 3 rings (SSSR count). The van der Waals surface area contributed by atoms with Crippen molar-refractivity contribution in [2.75, 3.05) is 26.2 Å². The Morgan fingerprint density at radius 1 is 1.50 bits per heavy atom. The zero-order valence-electron chi connectivity index (χ0n) is 11.3. The second-order valence-electron chi connectivity index (χ2n) is 4.74. The topological polar surface area (TPSA) is 65.1 Å². The second kappa shape index (κ2) is 5.72. The standard InChI is InChI=1S/C13H17N5OS/c1-2-17-5-6-18(13(19)10-8-20-9-16-10)7-11(17)12-14-3-4-15-12/h3-4,8-9,11H,2,5-7H2,1H3,(H,14,15)/t11-/m0/s1. The van der Waals surface area contributed by atoms with Crippen LogP contribution in [0, 0.1) is 0 Å². The number of carbonyl (C=O) groups is 1. The molecule has 6 nitrogen and oxygen atoms in total. The summed E-state index contributed by atoms with van der Waals surface area (Å²) in [5, 5.41) is 1.80. The number of piperazine rings is 1. The lowest BCUT2D eigenvalue weighted by molar-refractivity contribution is 0.0475. The van der Waals surface area contributed by atoms with Gasteiger partial charge in [-0.15, -0.1) is 11.3 Å². The number of rotatable bonds is 3. The summed E-state index contributed by atoms with van der Waals surface area (Å²) in [5.41, 5.74) is 2.23.